The average molecular weight is 415 g/mol. The van der Waals surface area contributed by atoms with Gasteiger partial charge in [0.05, 0.1) is 29.0 Å². The Morgan fingerprint density at radius 3 is 2.83 bits per heavy atom. The number of para-hydroxylation sites is 1. The van der Waals surface area contributed by atoms with Crippen molar-refractivity contribution >= 4 is 33.5 Å². The minimum atomic E-state index is 0.0348. The summed E-state index contributed by atoms with van der Waals surface area (Å²) in [4.78, 5) is 19.6. The van der Waals surface area contributed by atoms with Gasteiger partial charge >= 0.3 is 0 Å². The Morgan fingerprint density at radius 1 is 1.13 bits per heavy atom. The molecule has 2 aromatic carbocycles. The highest BCUT2D eigenvalue weighted by Crippen LogP contribution is 2.36. The van der Waals surface area contributed by atoms with Crippen LogP contribution in [0.4, 0.5) is 0 Å². The molecule has 1 unspecified atom stereocenters. The van der Waals surface area contributed by atoms with Crippen molar-refractivity contribution in [3.8, 4) is 0 Å². The van der Waals surface area contributed by atoms with E-state index in [0.717, 1.165) is 35.5 Å². The molecule has 0 spiro atoms. The van der Waals surface area contributed by atoms with Gasteiger partial charge in [0.2, 0.25) is 5.91 Å². The predicted octanol–water partition coefficient (Wildman–Crippen LogP) is 4.92. The van der Waals surface area contributed by atoms with Crippen molar-refractivity contribution in [3.63, 3.8) is 0 Å². The normalized spacial score (nSPS) is 16.7. The van der Waals surface area contributed by atoms with E-state index in [2.05, 4.69) is 23.3 Å². The number of carbonyl (C=O) groups excluding carboxylic acids is 1. The van der Waals surface area contributed by atoms with Gasteiger partial charge in [-0.05, 0) is 36.6 Å². The first-order valence-corrected chi connectivity index (χ1v) is 11.0. The number of amides is 1. The molecule has 2 aromatic heterocycles. The van der Waals surface area contributed by atoms with Crippen LogP contribution in [0.2, 0.25) is 0 Å². The Kier molecular flexibility index (Phi) is 5.15. The third kappa shape index (κ3) is 3.91. The molecule has 0 bridgehead atoms. The molecule has 1 saturated heterocycles. The first-order chi connectivity index (χ1) is 14.8. The molecule has 1 fully saturated rings. The maximum atomic E-state index is 12.9. The van der Waals surface area contributed by atoms with Gasteiger partial charge in [-0.1, -0.05) is 42.5 Å². The first-order valence-electron chi connectivity index (χ1n) is 10.2. The van der Waals surface area contributed by atoms with E-state index in [4.69, 9.17) is 4.98 Å². The molecule has 4 aromatic rings. The quantitative estimate of drug-likeness (QED) is 0.436. The predicted molar refractivity (Wildman–Crippen MR) is 120 cm³/mol. The number of hydrogen-bond acceptors (Lipinski definition) is 4. The molecule has 0 saturated carbocycles. The van der Waals surface area contributed by atoms with Crippen molar-refractivity contribution in [1.29, 1.82) is 0 Å². The zero-order chi connectivity index (χ0) is 20.3. The van der Waals surface area contributed by atoms with Crippen LogP contribution in [0, 0.1) is 0 Å². The van der Waals surface area contributed by atoms with Gasteiger partial charge < -0.3 is 4.90 Å². The van der Waals surface area contributed by atoms with Crippen LogP contribution in [0.5, 0.6) is 0 Å². The number of carbonyl (C=O) groups is 1. The van der Waals surface area contributed by atoms with Crippen LogP contribution in [0.3, 0.4) is 0 Å². The van der Waals surface area contributed by atoms with E-state index in [9.17, 15) is 4.79 Å². The van der Waals surface area contributed by atoms with Gasteiger partial charge in [-0.15, -0.1) is 11.3 Å². The summed E-state index contributed by atoms with van der Waals surface area (Å²) in [5.74, 6) is 0.0348. The fraction of sp³-hybridized carbons (Fsp3) is 0.208. The third-order valence-corrected chi connectivity index (χ3v) is 6.53. The highest BCUT2D eigenvalue weighted by molar-refractivity contribution is 7.18. The number of aromatic nitrogens is 3. The molecule has 1 aliphatic rings. The topological polar surface area (TPSA) is 51.0 Å². The van der Waals surface area contributed by atoms with Gasteiger partial charge in [-0.3, -0.25) is 9.48 Å². The number of rotatable bonds is 5. The SMILES string of the molecule is O=C(C=Cc1cnn(Cc2ccccc2)c1)N1CCCC1c1nc2ccccc2s1. The van der Waals surface area contributed by atoms with E-state index in [1.807, 2.05) is 58.3 Å². The molecule has 0 radical (unpaired) electrons. The second-order valence-corrected chi connectivity index (χ2v) is 8.56. The van der Waals surface area contributed by atoms with Crippen LogP contribution in [0.25, 0.3) is 16.3 Å². The first kappa shape index (κ1) is 18.8. The van der Waals surface area contributed by atoms with Crippen LogP contribution < -0.4 is 0 Å². The van der Waals surface area contributed by atoms with Gasteiger partial charge in [0.25, 0.3) is 0 Å². The Labute approximate surface area is 179 Å². The zero-order valence-electron chi connectivity index (χ0n) is 16.5. The number of likely N-dealkylation sites (tertiary alicyclic amines) is 1. The van der Waals surface area contributed by atoms with E-state index in [-0.39, 0.29) is 11.9 Å². The molecule has 0 N–H and O–H groups in total. The molecule has 6 heteroatoms. The summed E-state index contributed by atoms with van der Waals surface area (Å²) in [7, 11) is 0. The van der Waals surface area contributed by atoms with Gasteiger partial charge in [0.15, 0.2) is 0 Å². The lowest BCUT2D eigenvalue weighted by Gasteiger charge is -2.21. The maximum Gasteiger partial charge on any atom is 0.247 e. The highest BCUT2D eigenvalue weighted by atomic mass is 32.1. The smallest absolute Gasteiger partial charge is 0.247 e. The minimum Gasteiger partial charge on any atom is -0.330 e. The van der Waals surface area contributed by atoms with Crippen molar-refractivity contribution in [2.75, 3.05) is 6.54 Å². The molecule has 5 nitrogen and oxygen atoms in total. The summed E-state index contributed by atoms with van der Waals surface area (Å²) in [5.41, 5.74) is 3.14. The summed E-state index contributed by atoms with van der Waals surface area (Å²) < 4.78 is 3.06. The lowest BCUT2D eigenvalue weighted by molar-refractivity contribution is -0.126. The molecule has 1 aliphatic heterocycles. The van der Waals surface area contributed by atoms with E-state index in [1.54, 1.807) is 23.6 Å². The van der Waals surface area contributed by atoms with Crippen molar-refractivity contribution in [1.82, 2.24) is 19.7 Å². The highest BCUT2D eigenvalue weighted by Gasteiger charge is 2.31. The molecule has 30 heavy (non-hydrogen) atoms. The number of benzene rings is 2. The summed E-state index contributed by atoms with van der Waals surface area (Å²) in [5, 5.41) is 5.44. The maximum absolute atomic E-state index is 12.9. The Morgan fingerprint density at radius 2 is 1.97 bits per heavy atom. The van der Waals surface area contributed by atoms with Crippen LogP contribution >= 0.6 is 11.3 Å². The van der Waals surface area contributed by atoms with Crippen LogP contribution in [0.15, 0.2) is 73.1 Å². The molecule has 1 amide bonds. The Balaban J connectivity index is 1.28. The zero-order valence-corrected chi connectivity index (χ0v) is 17.3. The number of fused-ring (bicyclic) bond motifs is 1. The second-order valence-electron chi connectivity index (χ2n) is 7.50. The van der Waals surface area contributed by atoms with Gasteiger partial charge in [-0.25, -0.2) is 4.98 Å². The summed E-state index contributed by atoms with van der Waals surface area (Å²) in [6.45, 7) is 1.49. The van der Waals surface area contributed by atoms with Crippen molar-refractivity contribution in [2.24, 2.45) is 0 Å². The third-order valence-electron chi connectivity index (χ3n) is 5.39. The Hall–Kier alpha value is -3.25. The lowest BCUT2D eigenvalue weighted by atomic mass is 10.2. The molecular weight excluding hydrogens is 392 g/mol. The molecule has 5 rings (SSSR count). The molecular formula is C24H22N4OS. The molecule has 0 aliphatic carbocycles. The van der Waals surface area contributed by atoms with E-state index >= 15 is 0 Å². The molecule has 1 atom stereocenters. The lowest BCUT2D eigenvalue weighted by Crippen LogP contribution is -2.28. The largest absolute Gasteiger partial charge is 0.330 e. The van der Waals surface area contributed by atoms with E-state index in [0.29, 0.717) is 6.54 Å². The average Bonchev–Trinajstić information content (AvgIpc) is 3.51. The van der Waals surface area contributed by atoms with Gasteiger partial charge in [0.1, 0.15) is 5.01 Å². The summed E-state index contributed by atoms with van der Waals surface area (Å²) in [6.07, 6.45) is 9.25. The summed E-state index contributed by atoms with van der Waals surface area (Å²) in [6, 6.07) is 18.4. The monoisotopic (exact) mass is 414 g/mol. The number of thiazole rings is 1. The van der Waals surface area contributed by atoms with E-state index < -0.39 is 0 Å². The fourth-order valence-electron chi connectivity index (χ4n) is 3.91. The molecule has 150 valence electrons. The van der Waals surface area contributed by atoms with Crippen molar-refractivity contribution in [3.05, 3.63) is 89.2 Å². The van der Waals surface area contributed by atoms with Crippen molar-refractivity contribution in [2.45, 2.75) is 25.4 Å². The van der Waals surface area contributed by atoms with Crippen molar-refractivity contribution < 1.29 is 4.79 Å². The summed E-state index contributed by atoms with van der Waals surface area (Å²) >= 11 is 1.69. The van der Waals surface area contributed by atoms with Crippen LogP contribution in [0.1, 0.15) is 35.0 Å². The fourth-order valence-corrected chi connectivity index (χ4v) is 5.02. The van der Waals surface area contributed by atoms with Gasteiger partial charge in [-0.2, -0.15) is 5.10 Å². The van der Waals surface area contributed by atoms with Gasteiger partial charge in [0, 0.05) is 24.4 Å². The van der Waals surface area contributed by atoms with E-state index in [1.165, 1.54) is 10.3 Å². The standard InChI is InChI=1S/C24H22N4OS/c29-23(13-12-19-15-25-27(17-19)16-18-7-2-1-3-8-18)28-14-6-10-21(28)24-26-20-9-4-5-11-22(20)30-24/h1-5,7-9,11-13,15,17,21H,6,10,14,16H2. The number of nitrogens with zero attached hydrogens (tertiary/aromatic N) is 4. The second kappa shape index (κ2) is 8.24. The van der Waals surface area contributed by atoms with Crippen LogP contribution in [-0.4, -0.2) is 32.1 Å². The van der Waals surface area contributed by atoms with Crippen LogP contribution in [-0.2, 0) is 11.3 Å². The number of hydrogen-bond donors (Lipinski definition) is 0. The minimum absolute atomic E-state index is 0.0348. The Bertz CT molecular complexity index is 1160. The molecule has 3 heterocycles.